The Hall–Kier alpha value is -4.05. The van der Waals surface area contributed by atoms with Gasteiger partial charge in [0.15, 0.2) is 29.0 Å². The molecule has 3 fully saturated rings. The second kappa shape index (κ2) is 19.3. The largest absolute Gasteiger partial charge is 0.504 e. The van der Waals surface area contributed by atoms with Gasteiger partial charge in [0.2, 0.25) is 5.75 Å². The van der Waals surface area contributed by atoms with Crippen LogP contribution in [-0.4, -0.2) is 92.0 Å². The SMILES string of the molecule is CC(=O)OC1CC(c2cc(O)c(O)c(OCCc3cccnc3)c2)OC2C1CCC1SSCC3(NC(N)=NCCCCO)CCCC(C3)Oc3cc(ccc3O)CC12. The predicted molar refractivity (Wildman–Crippen MR) is 224 cm³/mol. The van der Waals surface area contributed by atoms with Crippen LogP contribution in [0.1, 0.15) is 87.5 Å². The van der Waals surface area contributed by atoms with Crippen LogP contribution >= 0.6 is 21.6 Å². The van der Waals surface area contributed by atoms with E-state index in [2.05, 4.69) is 15.3 Å². The Labute approximate surface area is 347 Å². The third-order valence-electron chi connectivity index (χ3n) is 11.8. The first-order valence-electron chi connectivity index (χ1n) is 20.5. The van der Waals surface area contributed by atoms with Gasteiger partial charge in [-0.3, -0.25) is 14.8 Å². The van der Waals surface area contributed by atoms with Gasteiger partial charge in [-0.25, -0.2) is 0 Å². The lowest BCUT2D eigenvalue weighted by Gasteiger charge is -2.50. The fourth-order valence-electron chi connectivity index (χ4n) is 9.05. The molecule has 7 rings (SSSR count). The van der Waals surface area contributed by atoms with Gasteiger partial charge in [0, 0.05) is 74.6 Å². The number of aromatic hydroxyl groups is 3. The highest BCUT2D eigenvalue weighted by atomic mass is 33.1. The number of benzene rings is 2. The maximum absolute atomic E-state index is 12.6. The molecule has 0 spiro atoms. The molecule has 3 aromatic rings. The first-order chi connectivity index (χ1) is 28.1. The van der Waals surface area contributed by atoms with Gasteiger partial charge in [0.25, 0.3) is 0 Å². The van der Waals surface area contributed by atoms with Crippen LogP contribution in [-0.2, 0) is 27.1 Å². The second-order valence-electron chi connectivity index (χ2n) is 16.1. The van der Waals surface area contributed by atoms with Crippen molar-refractivity contribution in [2.75, 3.05) is 25.5 Å². The zero-order valence-corrected chi connectivity index (χ0v) is 34.6. The van der Waals surface area contributed by atoms with Crippen LogP contribution in [0.4, 0.5) is 0 Å². The van der Waals surface area contributed by atoms with Gasteiger partial charge in [-0.15, -0.1) is 0 Å². The zero-order chi connectivity index (χ0) is 40.6. The van der Waals surface area contributed by atoms with Crippen molar-refractivity contribution in [3.05, 3.63) is 71.5 Å². The van der Waals surface area contributed by atoms with Gasteiger partial charge in [-0.2, -0.15) is 0 Å². The number of pyridine rings is 1. The standard InChI is InChI=1S/C43H56N4O9S2/c1-26(49)54-36-22-35(29-20-34(51)40(52)38(21-29)53-17-12-27-6-5-14-45-24-27)56-41-31(36)9-11-39-32(41)18-28-8-10-33(50)37(19-28)55-30-7-4-13-43(23-30,25-57-58-39)47-42(44)46-15-2-3-16-48/h5-6,8,10,14,19-21,24,30-32,35-36,39,41,48,50-52H,2-4,7,9,11-13,15-18,22-23,25H2,1H3,(H3,44,46,47). The lowest BCUT2D eigenvalue weighted by Crippen LogP contribution is -2.57. The van der Waals surface area contributed by atoms with Gasteiger partial charge in [0.05, 0.1) is 24.4 Å². The number of ether oxygens (including phenoxy) is 4. The number of fused-ring (bicyclic) bond motifs is 7. The number of aliphatic hydroxyl groups excluding tert-OH is 1. The summed E-state index contributed by atoms with van der Waals surface area (Å²) in [6.45, 7) is 2.34. The lowest BCUT2D eigenvalue weighted by atomic mass is 9.70. The molecule has 2 aliphatic carbocycles. The number of esters is 1. The van der Waals surface area contributed by atoms with Crippen LogP contribution in [0.25, 0.3) is 0 Å². The van der Waals surface area contributed by atoms with E-state index in [0.717, 1.165) is 55.4 Å². The van der Waals surface area contributed by atoms with E-state index in [1.165, 1.54) is 13.0 Å². The number of carbonyl (C=O) groups is 1. The molecule has 13 nitrogen and oxygen atoms in total. The minimum absolute atomic E-state index is 0.0161. The number of phenols is 3. The molecule has 0 radical (unpaired) electrons. The molecule has 8 unspecified atom stereocenters. The number of guanidine groups is 1. The van der Waals surface area contributed by atoms with Crippen molar-refractivity contribution in [2.45, 2.75) is 113 Å². The molecule has 2 saturated carbocycles. The fourth-order valence-corrected chi connectivity index (χ4v) is 12.6. The molecule has 15 heteroatoms. The van der Waals surface area contributed by atoms with Crippen LogP contribution < -0.4 is 20.5 Å². The highest BCUT2D eigenvalue weighted by Gasteiger charge is 2.50. The van der Waals surface area contributed by atoms with Crippen LogP contribution in [0.15, 0.2) is 59.9 Å². The van der Waals surface area contributed by atoms with E-state index in [1.54, 1.807) is 24.5 Å². The highest BCUT2D eigenvalue weighted by molar-refractivity contribution is 8.77. The third-order valence-corrected chi connectivity index (χ3v) is 15.0. The van der Waals surface area contributed by atoms with Crippen molar-refractivity contribution in [3.8, 4) is 28.7 Å². The molecular formula is C43H56N4O9S2. The van der Waals surface area contributed by atoms with E-state index in [1.807, 2.05) is 45.9 Å². The summed E-state index contributed by atoms with van der Waals surface area (Å²) >= 11 is 0. The smallest absolute Gasteiger partial charge is 0.302 e. The molecule has 4 bridgehead atoms. The van der Waals surface area contributed by atoms with E-state index in [9.17, 15) is 25.2 Å². The summed E-state index contributed by atoms with van der Waals surface area (Å²) in [7, 11) is 3.69. The number of aliphatic hydroxyl groups is 1. The molecule has 4 aliphatic rings. The molecule has 314 valence electrons. The number of hydrogen-bond acceptors (Lipinski definition) is 13. The molecule has 1 saturated heterocycles. The summed E-state index contributed by atoms with van der Waals surface area (Å²) in [5.41, 5.74) is 8.71. The number of phenolic OH excluding ortho intramolecular Hbond substituents is 3. The average molecular weight is 837 g/mol. The Balaban J connectivity index is 1.17. The summed E-state index contributed by atoms with van der Waals surface area (Å²) < 4.78 is 25.8. The second-order valence-corrected chi connectivity index (χ2v) is 18.7. The minimum atomic E-state index is -0.566. The quantitative estimate of drug-likeness (QED) is 0.0312. The van der Waals surface area contributed by atoms with Crippen molar-refractivity contribution < 1.29 is 44.2 Å². The molecule has 2 aliphatic heterocycles. The summed E-state index contributed by atoms with van der Waals surface area (Å²) in [6, 6.07) is 12.6. The van der Waals surface area contributed by atoms with Gasteiger partial charge in [-0.1, -0.05) is 33.7 Å². The number of aromatic nitrogens is 1. The number of nitrogens with one attached hydrogen (secondary N) is 1. The Bertz CT molecular complexity index is 1890. The van der Waals surface area contributed by atoms with E-state index in [4.69, 9.17) is 24.7 Å². The maximum Gasteiger partial charge on any atom is 0.302 e. The monoisotopic (exact) mass is 836 g/mol. The first-order valence-corrected chi connectivity index (χ1v) is 22.8. The lowest BCUT2D eigenvalue weighted by molar-refractivity contribution is -0.191. The van der Waals surface area contributed by atoms with Gasteiger partial charge in [-0.05, 0) is 98.4 Å². The van der Waals surface area contributed by atoms with E-state index in [-0.39, 0.29) is 77.0 Å². The summed E-state index contributed by atoms with van der Waals surface area (Å²) in [5, 5.41) is 45.7. The van der Waals surface area contributed by atoms with Crippen molar-refractivity contribution in [1.29, 1.82) is 0 Å². The number of aliphatic imine (C=N–C) groups is 1. The van der Waals surface area contributed by atoms with Crippen molar-refractivity contribution >= 4 is 33.5 Å². The van der Waals surface area contributed by atoms with Crippen LogP contribution in [0.5, 0.6) is 28.7 Å². The zero-order valence-electron chi connectivity index (χ0n) is 33.0. The molecule has 0 amide bonds. The topological polar surface area (TPSA) is 198 Å². The van der Waals surface area contributed by atoms with Crippen molar-refractivity contribution in [1.82, 2.24) is 10.3 Å². The van der Waals surface area contributed by atoms with Crippen molar-refractivity contribution in [3.63, 3.8) is 0 Å². The molecule has 3 heterocycles. The number of hydrogen-bond donors (Lipinski definition) is 6. The van der Waals surface area contributed by atoms with Gasteiger partial charge < -0.3 is 50.4 Å². The molecule has 58 heavy (non-hydrogen) atoms. The summed E-state index contributed by atoms with van der Waals surface area (Å²) in [5.74, 6) is 0.705. The molecule has 2 aromatic carbocycles. The Morgan fingerprint density at radius 3 is 2.79 bits per heavy atom. The highest BCUT2D eigenvalue weighted by Crippen LogP contribution is 2.53. The van der Waals surface area contributed by atoms with Crippen molar-refractivity contribution in [2.24, 2.45) is 22.6 Å². The van der Waals surface area contributed by atoms with Crippen LogP contribution in [0, 0.1) is 11.8 Å². The van der Waals surface area contributed by atoms with Gasteiger partial charge >= 0.3 is 5.97 Å². The predicted octanol–water partition coefficient (Wildman–Crippen LogP) is 6.35. The Morgan fingerprint density at radius 1 is 1.10 bits per heavy atom. The van der Waals surface area contributed by atoms with E-state index in [0.29, 0.717) is 55.9 Å². The van der Waals surface area contributed by atoms with Crippen LogP contribution in [0.2, 0.25) is 0 Å². The average Bonchev–Trinajstić information content (AvgIpc) is 3.20. The molecule has 1 aromatic heterocycles. The molecule has 8 atom stereocenters. The third kappa shape index (κ3) is 10.4. The maximum atomic E-state index is 12.6. The summed E-state index contributed by atoms with van der Waals surface area (Å²) in [4.78, 5) is 21.3. The number of nitrogens with two attached hydrogens (primary N) is 1. The number of carbonyl (C=O) groups excluding carboxylic acids is 1. The van der Waals surface area contributed by atoms with Crippen LogP contribution in [0.3, 0.4) is 0 Å². The Morgan fingerprint density at radius 2 is 1.98 bits per heavy atom. The molecular weight excluding hydrogens is 781 g/mol. The van der Waals surface area contributed by atoms with Gasteiger partial charge in [0.1, 0.15) is 12.2 Å². The number of unbranched alkanes of at least 4 members (excludes halogenated alkanes) is 1. The minimum Gasteiger partial charge on any atom is -0.504 e. The normalized spacial score (nSPS) is 28.6. The number of nitrogens with zero attached hydrogens (tertiary/aromatic N) is 2. The Kier molecular flexibility index (Phi) is 14.0. The fraction of sp³-hybridized carbons (Fsp3) is 0.558. The molecule has 7 N–H and O–H groups in total. The van der Waals surface area contributed by atoms with E-state index >= 15 is 0 Å². The summed E-state index contributed by atoms with van der Waals surface area (Å²) in [6.07, 6.45) is 10.1. The first kappa shape index (κ1) is 42.1. The number of rotatable bonds is 11. The van der Waals surface area contributed by atoms with E-state index < -0.39 is 12.2 Å².